The Morgan fingerprint density at radius 3 is 2.92 bits per heavy atom. The molecule has 2 rings (SSSR count). The molecule has 0 saturated carbocycles. The van der Waals surface area contributed by atoms with Gasteiger partial charge in [0.25, 0.3) is 0 Å². The molecule has 2 unspecified atom stereocenters. The van der Waals surface area contributed by atoms with Gasteiger partial charge in [0, 0.05) is 18.3 Å². The lowest BCUT2D eigenvalue weighted by Gasteiger charge is -2.34. The van der Waals surface area contributed by atoms with Crippen LogP contribution in [0.5, 0.6) is 5.75 Å². The maximum Gasteiger partial charge on any atom is 0.193 e. The minimum atomic E-state index is 0. The summed E-state index contributed by atoms with van der Waals surface area (Å²) in [6.07, 6.45) is 2.60. The number of likely N-dealkylation sites (tertiary alicyclic amines) is 1. The summed E-state index contributed by atoms with van der Waals surface area (Å²) in [7, 11) is 1.59. The maximum absolute atomic E-state index is 6.10. The summed E-state index contributed by atoms with van der Waals surface area (Å²) in [4.78, 5) is 6.95. The Labute approximate surface area is 167 Å². The molecule has 0 amide bonds. The molecule has 1 aliphatic rings. The van der Waals surface area contributed by atoms with E-state index in [-0.39, 0.29) is 24.0 Å². The first kappa shape index (κ1) is 21.3. The van der Waals surface area contributed by atoms with Crippen LogP contribution >= 0.6 is 35.6 Å². The fourth-order valence-corrected chi connectivity index (χ4v) is 3.16. The van der Waals surface area contributed by atoms with Crippen molar-refractivity contribution in [1.29, 1.82) is 0 Å². The number of rotatable bonds is 5. The van der Waals surface area contributed by atoms with Crippen molar-refractivity contribution in [1.82, 2.24) is 4.90 Å². The van der Waals surface area contributed by atoms with E-state index in [0.717, 1.165) is 24.7 Å². The van der Waals surface area contributed by atoms with Crippen LogP contribution in [-0.2, 0) is 0 Å². The minimum absolute atomic E-state index is 0. The van der Waals surface area contributed by atoms with Crippen molar-refractivity contribution in [2.75, 3.05) is 32.1 Å². The number of hydrogen-bond donors (Lipinski definition) is 2. The number of nitrogens with one attached hydrogen (secondary N) is 1. The predicted octanol–water partition coefficient (Wildman–Crippen LogP) is 3.81. The number of guanidine groups is 1. The summed E-state index contributed by atoms with van der Waals surface area (Å²) >= 11 is 6.10. The predicted molar refractivity (Wildman–Crippen MR) is 113 cm³/mol. The molecule has 0 spiro atoms. The molecule has 7 heteroatoms. The Kier molecular flexibility index (Phi) is 9.15. The molecule has 1 heterocycles. The van der Waals surface area contributed by atoms with Gasteiger partial charge in [-0.05, 0) is 50.4 Å². The fourth-order valence-electron chi connectivity index (χ4n) is 2.90. The van der Waals surface area contributed by atoms with E-state index in [0.29, 0.717) is 29.3 Å². The van der Waals surface area contributed by atoms with Crippen molar-refractivity contribution in [2.45, 2.75) is 32.7 Å². The van der Waals surface area contributed by atoms with Gasteiger partial charge in [-0.25, -0.2) is 0 Å². The summed E-state index contributed by atoms with van der Waals surface area (Å²) in [6.45, 7) is 7.51. The highest BCUT2D eigenvalue weighted by molar-refractivity contribution is 14.0. The van der Waals surface area contributed by atoms with E-state index in [4.69, 9.17) is 22.1 Å². The lowest BCUT2D eigenvalue weighted by atomic mass is 9.99. The number of aliphatic imine (C=N–C) groups is 1. The molecule has 3 N–H and O–H groups in total. The molecule has 5 nitrogen and oxygen atoms in total. The highest BCUT2D eigenvalue weighted by atomic mass is 127. The van der Waals surface area contributed by atoms with Crippen LogP contribution in [0.1, 0.15) is 26.7 Å². The third-order valence-electron chi connectivity index (χ3n) is 4.26. The summed E-state index contributed by atoms with van der Waals surface area (Å²) in [5, 5.41) is 3.61. The van der Waals surface area contributed by atoms with Crippen molar-refractivity contribution in [3.8, 4) is 5.75 Å². The lowest BCUT2D eigenvalue weighted by Crippen LogP contribution is -2.42. The van der Waals surface area contributed by atoms with Gasteiger partial charge in [-0.1, -0.05) is 18.5 Å². The molecule has 1 aromatic carbocycles. The standard InChI is InChI=1S/C17H27ClN4O.HI/c1-12-5-4-8-22(11-12)13(2)10-20-17(19)21-14-6-7-16(23-3)15(18)9-14;/h6-7,9,12-13H,4-5,8,10-11H2,1-3H3,(H3,19,20,21);1H. The summed E-state index contributed by atoms with van der Waals surface area (Å²) in [5.41, 5.74) is 6.78. The zero-order chi connectivity index (χ0) is 16.8. The molecule has 1 fully saturated rings. The number of halogens is 2. The molecule has 2 atom stereocenters. The SMILES string of the molecule is COc1ccc(NC(N)=NCC(C)N2CCCC(C)C2)cc1Cl.I. The number of anilines is 1. The molecule has 1 aromatic rings. The number of piperidine rings is 1. The van der Waals surface area contributed by atoms with Crippen LogP contribution in [0.2, 0.25) is 5.02 Å². The fraction of sp³-hybridized carbons (Fsp3) is 0.588. The topological polar surface area (TPSA) is 62.9 Å². The first-order valence-corrected chi connectivity index (χ1v) is 8.52. The largest absolute Gasteiger partial charge is 0.495 e. The maximum atomic E-state index is 6.10. The molecule has 1 aliphatic heterocycles. The molecule has 0 bridgehead atoms. The van der Waals surface area contributed by atoms with E-state index < -0.39 is 0 Å². The Bertz CT molecular complexity index is 555. The summed E-state index contributed by atoms with van der Waals surface area (Å²) in [5.74, 6) is 1.82. The van der Waals surface area contributed by atoms with Crippen LogP contribution in [0.3, 0.4) is 0 Å². The second-order valence-electron chi connectivity index (χ2n) is 6.29. The van der Waals surface area contributed by atoms with Gasteiger partial charge in [0.2, 0.25) is 0 Å². The van der Waals surface area contributed by atoms with Gasteiger partial charge in [0.05, 0.1) is 18.7 Å². The average Bonchev–Trinajstić information content (AvgIpc) is 2.53. The van der Waals surface area contributed by atoms with Gasteiger partial charge < -0.3 is 15.8 Å². The first-order valence-electron chi connectivity index (χ1n) is 8.14. The second kappa shape index (κ2) is 10.3. The zero-order valence-electron chi connectivity index (χ0n) is 14.6. The van der Waals surface area contributed by atoms with Gasteiger partial charge in [0.1, 0.15) is 5.75 Å². The molecule has 1 saturated heterocycles. The van der Waals surface area contributed by atoms with Crippen LogP contribution in [0.25, 0.3) is 0 Å². The van der Waals surface area contributed by atoms with E-state index in [2.05, 4.69) is 29.1 Å². The van der Waals surface area contributed by atoms with Crippen LogP contribution in [0.15, 0.2) is 23.2 Å². The zero-order valence-corrected chi connectivity index (χ0v) is 17.7. The van der Waals surface area contributed by atoms with Crippen LogP contribution < -0.4 is 15.8 Å². The van der Waals surface area contributed by atoms with Crippen LogP contribution in [0, 0.1) is 5.92 Å². The van der Waals surface area contributed by atoms with Crippen molar-refractivity contribution >= 4 is 47.2 Å². The smallest absolute Gasteiger partial charge is 0.193 e. The monoisotopic (exact) mass is 466 g/mol. The summed E-state index contributed by atoms with van der Waals surface area (Å²) < 4.78 is 5.13. The van der Waals surface area contributed by atoms with Gasteiger partial charge in [0.15, 0.2) is 5.96 Å². The number of nitrogens with zero attached hydrogens (tertiary/aromatic N) is 2. The van der Waals surface area contributed by atoms with Gasteiger partial charge >= 0.3 is 0 Å². The molecule has 24 heavy (non-hydrogen) atoms. The van der Waals surface area contributed by atoms with E-state index >= 15 is 0 Å². The number of benzene rings is 1. The number of hydrogen-bond acceptors (Lipinski definition) is 3. The van der Waals surface area contributed by atoms with Crippen LogP contribution in [0.4, 0.5) is 5.69 Å². The Morgan fingerprint density at radius 2 is 2.29 bits per heavy atom. The lowest BCUT2D eigenvalue weighted by molar-refractivity contribution is 0.142. The Balaban J connectivity index is 0.00000288. The Morgan fingerprint density at radius 1 is 1.54 bits per heavy atom. The van der Waals surface area contributed by atoms with Crippen molar-refractivity contribution in [2.24, 2.45) is 16.6 Å². The second-order valence-corrected chi connectivity index (χ2v) is 6.70. The molecular weight excluding hydrogens is 439 g/mol. The molecule has 0 aliphatic carbocycles. The quantitative estimate of drug-likeness (QED) is 0.393. The molecular formula is C17H28ClIN4O. The molecule has 136 valence electrons. The van der Waals surface area contributed by atoms with Crippen molar-refractivity contribution in [3.05, 3.63) is 23.2 Å². The van der Waals surface area contributed by atoms with Gasteiger partial charge in [-0.2, -0.15) is 0 Å². The van der Waals surface area contributed by atoms with Crippen molar-refractivity contribution < 1.29 is 4.74 Å². The third kappa shape index (κ3) is 6.29. The van der Waals surface area contributed by atoms with Crippen molar-refractivity contribution in [3.63, 3.8) is 0 Å². The molecule has 0 aromatic heterocycles. The van der Waals surface area contributed by atoms with E-state index in [1.807, 2.05) is 6.07 Å². The number of nitrogens with two attached hydrogens (primary N) is 1. The average molecular weight is 467 g/mol. The number of methoxy groups -OCH3 is 1. The highest BCUT2D eigenvalue weighted by Crippen LogP contribution is 2.27. The summed E-state index contributed by atoms with van der Waals surface area (Å²) in [6, 6.07) is 5.84. The minimum Gasteiger partial charge on any atom is -0.495 e. The van der Waals surface area contributed by atoms with Gasteiger partial charge in [-0.15, -0.1) is 24.0 Å². The van der Waals surface area contributed by atoms with E-state index in [1.165, 1.54) is 12.8 Å². The van der Waals surface area contributed by atoms with Gasteiger partial charge in [-0.3, -0.25) is 9.89 Å². The molecule has 0 radical (unpaired) electrons. The van der Waals surface area contributed by atoms with Crippen LogP contribution in [-0.4, -0.2) is 43.6 Å². The number of ether oxygens (including phenoxy) is 1. The van der Waals surface area contributed by atoms with E-state index in [1.54, 1.807) is 19.2 Å². The Hall–Kier alpha value is -0.730. The third-order valence-corrected chi connectivity index (χ3v) is 4.56. The highest BCUT2D eigenvalue weighted by Gasteiger charge is 2.20. The normalized spacial score (nSPS) is 20.2. The first-order chi connectivity index (χ1) is 11.0. The van der Waals surface area contributed by atoms with E-state index in [9.17, 15) is 0 Å².